The van der Waals surface area contributed by atoms with Gasteiger partial charge in [-0.1, -0.05) is 30.3 Å². The molecule has 1 aromatic heterocycles. The maximum Gasteiger partial charge on any atom is 0.230 e. The molecule has 0 spiro atoms. The molecule has 0 saturated carbocycles. The van der Waals surface area contributed by atoms with E-state index < -0.39 is 0 Å². The number of nitrogens with one attached hydrogen (secondary N) is 1. The van der Waals surface area contributed by atoms with Gasteiger partial charge in [-0.25, -0.2) is 4.98 Å². The first-order chi connectivity index (χ1) is 18.0. The molecule has 4 aromatic rings. The fraction of sp³-hybridized carbons (Fsp3) is 0.200. The van der Waals surface area contributed by atoms with Crippen LogP contribution in [-0.4, -0.2) is 21.4 Å². The summed E-state index contributed by atoms with van der Waals surface area (Å²) in [7, 11) is 0. The molecule has 0 amide bonds. The average Bonchev–Trinajstić information content (AvgIpc) is 2.91. The Bertz CT molecular complexity index is 1490. The summed E-state index contributed by atoms with van der Waals surface area (Å²) in [5.41, 5.74) is 6.91. The monoisotopic (exact) mass is 486 g/mol. The van der Waals surface area contributed by atoms with E-state index in [9.17, 15) is 5.26 Å². The highest BCUT2D eigenvalue weighted by Crippen LogP contribution is 2.35. The number of fused-ring (bicyclic) bond motifs is 1. The van der Waals surface area contributed by atoms with E-state index in [1.165, 1.54) is 5.56 Å². The standard InChI is InChI=1S/C30H26N6O/c1-20-14-24(17-32)15-21(2)28(20)37-29-26-19-36(18-23-6-4-3-5-7-23)13-12-27(26)34-30(35-29)33-25-10-8-22(16-31)9-11-25/h3-11,14-15H,12-13,18-19H2,1-2H3,(H,33,34,35). The second kappa shape index (κ2) is 10.5. The third kappa shape index (κ3) is 5.43. The van der Waals surface area contributed by atoms with Gasteiger partial charge in [0.2, 0.25) is 11.8 Å². The van der Waals surface area contributed by atoms with Crippen LogP contribution in [0.3, 0.4) is 0 Å². The van der Waals surface area contributed by atoms with Crippen LogP contribution < -0.4 is 10.1 Å². The van der Waals surface area contributed by atoms with E-state index in [4.69, 9.17) is 20.0 Å². The summed E-state index contributed by atoms with van der Waals surface area (Å²) in [6, 6.07) is 25.6. The Morgan fingerprint density at radius 1 is 0.919 bits per heavy atom. The van der Waals surface area contributed by atoms with Crippen molar-refractivity contribution in [2.45, 2.75) is 33.4 Å². The molecular weight excluding hydrogens is 460 g/mol. The molecule has 37 heavy (non-hydrogen) atoms. The van der Waals surface area contributed by atoms with E-state index in [2.05, 4.69) is 46.6 Å². The maximum absolute atomic E-state index is 9.34. The summed E-state index contributed by atoms with van der Waals surface area (Å²) in [5.74, 6) is 1.65. The molecule has 7 heteroatoms. The lowest BCUT2D eigenvalue weighted by Crippen LogP contribution is -2.31. The third-order valence-electron chi connectivity index (χ3n) is 6.41. The Balaban J connectivity index is 1.50. The minimum atomic E-state index is 0.443. The van der Waals surface area contributed by atoms with Gasteiger partial charge in [0.15, 0.2) is 0 Å². The lowest BCUT2D eigenvalue weighted by atomic mass is 10.0. The van der Waals surface area contributed by atoms with Crippen LogP contribution in [0, 0.1) is 36.5 Å². The molecule has 0 saturated heterocycles. The molecule has 1 aliphatic heterocycles. The number of ether oxygens (including phenoxy) is 1. The maximum atomic E-state index is 9.34. The topological polar surface area (TPSA) is 97.9 Å². The van der Waals surface area contributed by atoms with E-state index in [1.54, 1.807) is 12.1 Å². The molecule has 1 N–H and O–H groups in total. The smallest absolute Gasteiger partial charge is 0.230 e. The van der Waals surface area contributed by atoms with Gasteiger partial charge in [-0.15, -0.1) is 0 Å². The Kier molecular flexibility index (Phi) is 6.81. The second-order valence-corrected chi connectivity index (χ2v) is 9.19. The van der Waals surface area contributed by atoms with Crippen molar-refractivity contribution in [3.8, 4) is 23.8 Å². The normalized spacial score (nSPS) is 12.8. The van der Waals surface area contributed by atoms with E-state index in [1.807, 2.05) is 44.2 Å². The Morgan fingerprint density at radius 2 is 1.62 bits per heavy atom. The number of nitrogens with zero attached hydrogens (tertiary/aromatic N) is 5. The third-order valence-corrected chi connectivity index (χ3v) is 6.41. The van der Waals surface area contributed by atoms with Crippen LogP contribution in [0.25, 0.3) is 0 Å². The predicted molar refractivity (Wildman–Crippen MR) is 141 cm³/mol. The number of aryl methyl sites for hydroxylation is 2. The van der Waals surface area contributed by atoms with Crippen molar-refractivity contribution < 1.29 is 4.74 Å². The molecule has 0 bridgehead atoms. The minimum Gasteiger partial charge on any atom is -0.438 e. The highest BCUT2D eigenvalue weighted by Gasteiger charge is 2.25. The van der Waals surface area contributed by atoms with Crippen LogP contribution in [0.5, 0.6) is 11.6 Å². The molecule has 182 valence electrons. The fourth-order valence-corrected chi connectivity index (χ4v) is 4.59. The molecule has 0 atom stereocenters. The summed E-state index contributed by atoms with van der Waals surface area (Å²) in [6.07, 6.45) is 0.772. The molecule has 0 radical (unpaired) electrons. The molecule has 0 unspecified atom stereocenters. The van der Waals surface area contributed by atoms with Crippen LogP contribution in [-0.2, 0) is 19.5 Å². The van der Waals surface area contributed by atoms with Gasteiger partial charge in [0.05, 0.1) is 34.5 Å². The highest BCUT2D eigenvalue weighted by molar-refractivity contribution is 5.57. The first kappa shape index (κ1) is 24.0. The molecule has 3 aromatic carbocycles. The lowest BCUT2D eigenvalue weighted by molar-refractivity contribution is 0.238. The number of nitriles is 2. The summed E-state index contributed by atoms with van der Waals surface area (Å²) in [5, 5.41) is 21.7. The van der Waals surface area contributed by atoms with Crippen molar-refractivity contribution in [2.75, 3.05) is 11.9 Å². The van der Waals surface area contributed by atoms with E-state index >= 15 is 0 Å². The van der Waals surface area contributed by atoms with Crippen LogP contribution in [0.4, 0.5) is 11.6 Å². The van der Waals surface area contributed by atoms with E-state index in [-0.39, 0.29) is 0 Å². The molecule has 1 aliphatic rings. The van der Waals surface area contributed by atoms with Gasteiger partial charge in [0.1, 0.15) is 5.75 Å². The van der Waals surface area contributed by atoms with Gasteiger partial charge >= 0.3 is 0 Å². The number of rotatable bonds is 6. The quantitative estimate of drug-likeness (QED) is 0.361. The van der Waals surface area contributed by atoms with Gasteiger partial charge in [0.25, 0.3) is 0 Å². The fourth-order valence-electron chi connectivity index (χ4n) is 4.59. The first-order valence-electron chi connectivity index (χ1n) is 12.1. The number of aromatic nitrogens is 2. The van der Waals surface area contributed by atoms with Crippen molar-refractivity contribution in [1.82, 2.24) is 14.9 Å². The van der Waals surface area contributed by atoms with E-state index in [0.717, 1.165) is 47.6 Å². The molecular formula is C30H26N6O. The average molecular weight is 487 g/mol. The number of hydrogen-bond acceptors (Lipinski definition) is 7. The predicted octanol–water partition coefficient (Wildman–Crippen LogP) is 5.93. The zero-order valence-electron chi connectivity index (χ0n) is 20.8. The van der Waals surface area contributed by atoms with Crippen LogP contribution in [0.2, 0.25) is 0 Å². The van der Waals surface area contributed by atoms with E-state index in [0.29, 0.717) is 35.2 Å². The van der Waals surface area contributed by atoms with Gasteiger partial charge in [-0.05, 0) is 66.9 Å². The zero-order chi connectivity index (χ0) is 25.8. The zero-order valence-corrected chi connectivity index (χ0v) is 20.8. The number of anilines is 2. The molecule has 0 aliphatic carbocycles. The highest BCUT2D eigenvalue weighted by atomic mass is 16.5. The van der Waals surface area contributed by atoms with Gasteiger partial charge in [-0.3, -0.25) is 4.90 Å². The minimum absolute atomic E-state index is 0.443. The van der Waals surface area contributed by atoms with Crippen molar-refractivity contribution in [3.63, 3.8) is 0 Å². The Morgan fingerprint density at radius 3 is 2.30 bits per heavy atom. The molecule has 7 nitrogen and oxygen atoms in total. The summed E-state index contributed by atoms with van der Waals surface area (Å²) in [6.45, 7) is 6.26. The second-order valence-electron chi connectivity index (χ2n) is 9.19. The summed E-state index contributed by atoms with van der Waals surface area (Å²) >= 11 is 0. The van der Waals surface area contributed by atoms with Crippen LogP contribution >= 0.6 is 0 Å². The largest absolute Gasteiger partial charge is 0.438 e. The first-order valence-corrected chi connectivity index (χ1v) is 12.1. The molecule has 2 heterocycles. The lowest BCUT2D eigenvalue weighted by Gasteiger charge is -2.29. The van der Waals surface area contributed by atoms with Crippen LogP contribution in [0.1, 0.15) is 39.1 Å². The Labute approximate surface area is 216 Å². The van der Waals surface area contributed by atoms with Crippen LogP contribution in [0.15, 0.2) is 66.7 Å². The SMILES string of the molecule is Cc1cc(C#N)cc(C)c1Oc1nc(Nc2ccc(C#N)cc2)nc2c1CN(Cc1ccccc1)CC2. The number of hydrogen-bond donors (Lipinski definition) is 1. The summed E-state index contributed by atoms with van der Waals surface area (Å²) in [4.78, 5) is 12.0. The van der Waals surface area contributed by atoms with Gasteiger partial charge < -0.3 is 10.1 Å². The van der Waals surface area contributed by atoms with Crippen molar-refractivity contribution in [1.29, 1.82) is 10.5 Å². The van der Waals surface area contributed by atoms with Crippen molar-refractivity contribution in [3.05, 3.63) is 106 Å². The Hall–Kier alpha value is -4.72. The molecule has 5 rings (SSSR count). The van der Waals surface area contributed by atoms with Crippen molar-refractivity contribution >= 4 is 11.6 Å². The summed E-state index contributed by atoms with van der Waals surface area (Å²) < 4.78 is 6.48. The number of benzene rings is 3. The molecule has 0 fully saturated rings. The van der Waals surface area contributed by atoms with Crippen molar-refractivity contribution in [2.24, 2.45) is 0 Å². The van der Waals surface area contributed by atoms with Gasteiger partial charge in [-0.2, -0.15) is 15.5 Å². The van der Waals surface area contributed by atoms with Gasteiger partial charge in [0, 0.05) is 31.7 Å².